The fourth-order valence-electron chi connectivity index (χ4n) is 2.68. The molecule has 0 atom stereocenters. The molecule has 6 nitrogen and oxygen atoms in total. The third-order valence-corrected chi connectivity index (χ3v) is 3.95. The molecule has 6 heteroatoms. The van der Waals surface area contributed by atoms with Crippen LogP contribution in [0.3, 0.4) is 0 Å². The molecule has 1 N–H and O–H groups in total. The van der Waals surface area contributed by atoms with Gasteiger partial charge < -0.3 is 4.57 Å². The molecule has 3 aromatic rings. The lowest BCUT2D eigenvalue weighted by molar-refractivity contribution is 0.102. The Morgan fingerprint density at radius 1 is 1.04 bits per heavy atom. The molecule has 0 aliphatic carbocycles. The highest BCUT2D eigenvalue weighted by atomic mass is 16.2. The van der Waals surface area contributed by atoms with Gasteiger partial charge >= 0.3 is 0 Å². The Labute approximate surface area is 151 Å². The highest BCUT2D eigenvalue weighted by Crippen LogP contribution is 2.07. The molecule has 0 saturated heterocycles. The van der Waals surface area contributed by atoms with Crippen LogP contribution in [0, 0.1) is 20.8 Å². The van der Waals surface area contributed by atoms with Crippen molar-refractivity contribution < 1.29 is 4.79 Å². The van der Waals surface area contributed by atoms with E-state index in [9.17, 15) is 9.59 Å². The van der Waals surface area contributed by atoms with E-state index in [0.717, 1.165) is 22.5 Å². The third kappa shape index (κ3) is 4.03. The zero-order chi connectivity index (χ0) is 18.7. The summed E-state index contributed by atoms with van der Waals surface area (Å²) in [5.74, 6) is -0.320. The first-order chi connectivity index (χ1) is 12.4. The first kappa shape index (κ1) is 17.5. The Balaban J connectivity index is 1.85. The van der Waals surface area contributed by atoms with Gasteiger partial charge in [-0.2, -0.15) is 0 Å². The molecule has 0 spiro atoms. The largest absolute Gasteiger partial charge is 0.310 e. The number of rotatable bonds is 4. The third-order valence-electron chi connectivity index (χ3n) is 3.95. The van der Waals surface area contributed by atoms with Crippen LogP contribution in [0.15, 0.2) is 53.5 Å². The molecule has 26 heavy (non-hydrogen) atoms. The Kier molecular flexibility index (Phi) is 4.93. The molecule has 0 radical (unpaired) electrons. The van der Waals surface area contributed by atoms with Crippen LogP contribution in [0.5, 0.6) is 0 Å². The number of amides is 1. The zero-order valence-corrected chi connectivity index (χ0v) is 15.0. The molecule has 132 valence electrons. The van der Waals surface area contributed by atoms with E-state index in [0.29, 0.717) is 6.54 Å². The molecule has 1 amide bonds. The number of nitrogens with zero attached hydrogens (tertiary/aromatic N) is 3. The Hall–Kier alpha value is -3.28. The average Bonchev–Trinajstić information content (AvgIpc) is 2.57. The summed E-state index contributed by atoms with van der Waals surface area (Å²) in [6.45, 7) is 6.05. The summed E-state index contributed by atoms with van der Waals surface area (Å²) < 4.78 is 1.52. The minimum Gasteiger partial charge on any atom is -0.310 e. The summed E-state index contributed by atoms with van der Waals surface area (Å²) in [5.41, 5.74) is 3.35. The van der Waals surface area contributed by atoms with Crippen molar-refractivity contribution in [3.8, 4) is 0 Å². The van der Waals surface area contributed by atoms with Crippen molar-refractivity contribution in [1.29, 1.82) is 0 Å². The maximum atomic E-state index is 12.7. The molecule has 0 fully saturated rings. The smallest absolute Gasteiger partial charge is 0.263 e. The second-order valence-electron chi connectivity index (χ2n) is 6.27. The topological polar surface area (TPSA) is 76.9 Å². The Morgan fingerprint density at radius 3 is 2.35 bits per heavy atom. The van der Waals surface area contributed by atoms with E-state index in [-0.39, 0.29) is 17.1 Å². The van der Waals surface area contributed by atoms with Crippen molar-refractivity contribution in [3.63, 3.8) is 0 Å². The van der Waals surface area contributed by atoms with E-state index in [1.54, 1.807) is 12.3 Å². The van der Waals surface area contributed by atoms with Gasteiger partial charge in [0, 0.05) is 17.6 Å². The lowest BCUT2D eigenvalue weighted by atomic mass is 10.1. The van der Waals surface area contributed by atoms with E-state index in [4.69, 9.17) is 0 Å². The van der Waals surface area contributed by atoms with Crippen molar-refractivity contribution >= 4 is 11.9 Å². The summed E-state index contributed by atoms with van der Waals surface area (Å²) in [5, 5.41) is 2.60. The normalized spacial score (nSPS) is 10.6. The molecule has 2 aromatic heterocycles. The maximum Gasteiger partial charge on any atom is 0.263 e. The molecule has 3 rings (SSSR count). The number of hydrogen-bond acceptors (Lipinski definition) is 4. The number of carbonyl (C=O) groups excluding carboxylic acids is 1. The molecule has 2 heterocycles. The first-order valence-electron chi connectivity index (χ1n) is 8.31. The van der Waals surface area contributed by atoms with Gasteiger partial charge in [0.05, 0.1) is 6.54 Å². The lowest BCUT2D eigenvalue weighted by Gasteiger charge is -2.09. The van der Waals surface area contributed by atoms with Crippen LogP contribution in [-0.2, 0) is 6.54 Å². The van der Waals surface area contributed by atoms with Crippen LogP contribution in [0.2, 0.25) is 0 Å². The van der Waals surface area contributed by atoms with Gasteiger partial charge in [-0.15, -0.1) is 0 Å². The summed E-state index contributed by atoms with van der Waals surface area (Å²) in [6, 6.07) is 12.9. The first-order valence-corrected chi connectivity index (χ1v) is 8.31. The van der Waals surface area contributed by atoms with Crippen molar-refractivity contribution in [3.05, 3.63) is 87.1 Å². The molecule has 0 unspecified atom stereocenters. The van der Waals surface area contributed by atoms with Crippen LogP contribution in [0.1, 0.15) is 32.9 Å². The SMILES string of the molecule is Cc1ccc(Cn2cccc(C(=O)Nc3nc(C)cc(C)n3)c2=O)cc1. The monoisotopic (exact) mass is 348 g/mol. The van der Waals surface area contributed by atoms with Gasteiger partial charge in [-0.3, -0.25) is 14.9 Å². The molecule has 1 aromatic carbocycles. The number of aryl methyl sites for hydroxylation is 3. The van der Waals surface area contributed by atoms with Crippen LogP contribution in [0.25, 0.3) is 0 Å². The van der Waals surface area contributed by atoms with Crippen molar-refractivity contribution in [2.45, 2.75) is 27.3 Å². The van der Waals surface area contributed by atoms with Crippen LogP contribution in [0.4, 0.5) is 5.95 Å². The number of nitrogens with one attached hydrogen (secondary N) is 1. The number of anilines is 1. The molecular weight excluding hydrogens is 328 g/mol. The minimum absolute atomic E-state index is 0.0578. The summed E-state index contributed by atoms with van der Waals surface area (Å²) in [6.07, 6.45) is 1.67. The molecule has 0 aliphatic rings. The number of pyridine rings is 1. The predicted molar refractivity (Wildman–Crippen MR) is 100 cm³/mol. The number of aromatic nitrogens is 3. The van der Waals surface area contributed by atoms with E-state index < -0.39 is 5.91 Å². The maximum absolute atomic E-state index is 12.7. The zero-order valence-electron chi connectivity index (χ0n) is 15.0. The highest BCUT2D eigenvalue weighted by molar-refractivity contribution is 6.03. The van der Waals surface area contributed by atoms with E-state index in [1.807, 2.05) is 51.1 Å². The number of benzene rings is 1. The fourth-order valence-corrected chi connectivity index (χ4v) is 2.68. The van der Waals surface area contributed by atoms with Gasteiger partial charge in [-0.1, -0.05) is 29.8 Å². The molecule has 0 aliphatic heterocycles. The van der Waals surface area contributed by atoms with Crippen LogP contribution < -0.4 is 10.9 Å². The minimum atomic E-state index is -0.516. The van der Waals surface area contributed by atoms with Crippen molar-refractivity contribution in [1.82, 2.24) is 14.5 Å². The Morgan fingerprint density at radius 2 is 1.69 bits per heavy atom. The van der Waals surface area contributed by atoms with E-state index >= 15 is 0 Å². The van der Waals surface area contributed by atoms with E-state index in [2.05, 4.69) is 15.3 Å². The second kappa shape index (κ2) is 7.31. The second-order valence-corrected chi connectivity index (χ2v) is 6.27. The molecule has 0 saturated carbocycles. The van der Waals surface area contributed by atoms with Gasteiger partial charge in [0.1, 0.15) is 5.56 Å². The number of hydrogen-bond donors (Lipinski definition) is 1. The van der Waals surface area contributed by atoms with Crippen LogP contribution >= 0.6 is 0 Å². The molecular formula is C20H20N4O2. The van der Waals surface area contributed by atoms with Gasteiger partial charge in [-0.25, -0.2) is 9.97 Å². The summed E-state index contributed by atoms with van der Waals surface area (Å²) in [4.78, 5) is 33.5. The van der Waals surface area contributed by atoms with Gasteiger partial charge in [0.2, 0.25) is 5.95 Å². The summed E-state index contributed by atoms with van der Waals surface area (Å²) in [7, 11) is 0. The van der Waals surface area contributed by atoms with Gasteiger partial charge in [-0.05, 0) is 44.5 Å². The predicted octanol–water partition coefficient (Wildman–Crippen LogP) is 2.86. The van der Waals surface area contributed by atoms with Crippen LogP contribution in [-0.4, -0.2) is 20.4 Å². The fraction of sp³-hybridized carbons (Fsp3) is 0.200. The van der Waals surface area contributed by atoms with Gasteiger partial charge in [0.25, 0.3) is 11.5 Å². The highest BCUT2D eigenvalue weighted by Gasteiger charge is 2.14. The quantitative estimate of drug-likeness (QED) is 0.786. The van der Waals surface area contributed by atoms with E-state index in [1.165, 1.54) is 10.6 Å². The van der Waals surface area contributed by atoms with Crippen molar-refractivity contribution in [2.24, 2.45) is 0 Å². The van der Waals surface area contributed by atoms with Crippen molar-refractivity contribution in [2.75, 3.05) is 5.32 Å². The summed E-state index contributed by atoms with van der Waals surface area (Å²) >= 11 is 0. The van der Waals surface area contributed by atoms with Gasteiger partial charge in [0.15, 0.2) is 0 Å². The average molecular weight is 348 g/mol. The Bertz CT molecular complexity index is 987. The number of carbonyl (C=O) groups is 1. The lowest BCUT2D eigenvalue weighted by Crippen LogP contribution is -2.29. The standard InChI is InChI=1S/C20H20N4O2/c1-13-6-8-16(9-7-13)12-24-10-4-5-17(19(24)26)18(25)23-20-21-14(2)11-15(3)22-20/h4-11H,12H2,1-3H3,(H,21,22,23,25). The molecule has 0 bridgehead atoms.